The average Bonchev–Trinajstić information content (AvgIpc) is 2.95. The predicted molar refractivity (Wildman–Crippen MR) is 81.1 cm³/mol. The third kappa shape index (κ3) is 2.65. The van der Waals surface area contributed by atoms with Gasteiger partial charge in [0.15, 0.2) is 11.5 Å². The molecule has 2 aliphatic rings. The molecule has 0 saturated carbocycles. The third-order valence-corrected chi connectivity index (χ3v) is 4.77. The number of aliphatic carboxylic acids is 1. The summed E-state index contributed by atoms with van der Waals surface area (Å²) in [5, 5.41) is 9.15. The molecule has 1 amide bonds. The number of carboxylic acid groups (broad SMARTS) is 1. The van der Waals surface area contributed by atoms with Gasteiger partial charge in [0.2, 0.25) is 6.79 Å². The molecule has 0 radical (unpaired) electrons. The molecule has 2 unspecified atom stereocenters. The molecule has 2 aliphatic heterocycles. The van der Waals surface area contributed by atoms with Gasteiger partial charge in [-0.05, 0) is 40.4 Å². The van der Waals surface area contributed by atoms with E-state index in [9.17, 15) is 9.59 Å². The number of rotatable bonds is 2. The van der Waals surface area contributed by atoms with Crippen molar-refractivity contribution in [1.82, 2.24) is 4.90 Å². The number of fused-ring (bicyclic) bond motifs is 1. The fourth-order valence-corrected chi connectivity index (χ4v) is 3.53. The molecule has 118 valence electrons. The Labute approximate surface area is 136 Å². The lowest BCUT2D eigenvalue weighted by atomic mass is 9.87. The molecule has 0 bridgehead atoms. The van der Waals surface area contributed by atoms with Gasteiger partial charge >= 0.3 is 5.97 Å². The maximum atomic E-state index is 12.6. The van der Waals surface area contributed by atoms with Gasteiger partial charge in [0.25, 0.3) is 5.91 Å². The number of hydrogen-bond acceptors (Lipinski definition) is 4. The van der Waals surface area contributed by atoms with Crippen molar-refractivity contribution in [3.8, 4) is 11.5 Å². The highest BCUT2D eigenvalue weighted by Crippen LogP contribution is 2.40. The molecule has 3 rings (SSSR count). The van der Waals surface area contributed by atoms with Crippen molar-refractivity contribution in [1.29, 1.82) is 0 Å². The minimum atomic E-state index is -0.787. The number of benzene rings is 1. The molecule has 1 saturated heterocycles. The van der Waals surface area contributed by atoms with E-state index in [0.717, 1.165) is 0 Å². The summed E-state index contributed by atoms with van der Waals surface area (Å²) in [6, 6.07) is 3.38. The van der Waals surface area contributed by atoms with E-state index in [2.05, 4.69) is 15.9 Å². The minimum Gasteiger partial charge on any atom is -0.481 e. The van der Waals surface area contributed by atoms with Crippen molar-refractivity contribution in [2.45, 2.75) is 13.3 Å². The quantitative estimate of drug-likeness (QED) is 0.865. The summed E-state index contributed by atoms with van der Waals surface area (Å²) >= 11 is 3.38. The van der Waals surface area contributed by atoms with Crippen molar-refractivity contribution >= 4 is 27.8 Å². The maximum absolute atomic E-state index is 12.6. The molecule has 2 atom stereocenters. The van der Waals surface area contributed by atoms with E-state index >= 15 is 0 Å². The Morgan fingerprint density at radius 3 is 2.82 bits per heavy atom. The zero-order valence-electron chi connectivity index (χ0n) is 12.0. The van der Waals surface area contributed by atoms with E-state index in [0.29, 0.717) is 41.0 Å². The molecule has 1 fully saturated rings. The van der Waals surface area contributed by atoms with Crippen molar-refractivity contribution in [2.75, 3.05) is 19.9 Å². The van der Waals surface area contributed by atoms with Gasteiger partial charge in [0.05, 0.1) is 10.4 Å². The lowest BCUT2D eigenvalue weighted by molar-refractivity contribution is -0.145. The highest BCUT2D eigenvalue weighted by Gasteiger charge is 2.33. The monoisotopic (exact) mass is 369 g/mol. The lowest BCUT2D eigenvalue weighted by Crippen LogP contribution is -2.45. The van der Waals surface area contributed by atoms with Crippen LogP contribution < -0.4 is 9.47 Å². The minimum absolute atomic E-state index is 0.0624. The summed E-state index contributed by atoms with van der Waals surface area (Å²) in [4.78, 5) is 25.5. The number of carbonyl (C=O) groups is 2. The summed E-state index contributed by atoms with van der Waals surface area (Å²) in [6.45, 7) is 2.91. The predicted octanol–water partition coefficient (Wildman–Crippen LogP) is 2.36. The van der Waals surface area contributed by atoms with Gasteiger partial charge in [-0.25, -0.2) is 0 Å². The van der Waals surface area contributed by atoms with Gasteiger partial charge in [-0.2, -0.15) is 0 Å². The Balaban J connectivity index is 1.78. The molecule has 22 heavy (non-hydrogen) atoms. The SMILES string of the molecule is CC1CN(C(=O)c2cc(Br)c3c(c2)OCO3)CCC1C(=O)O. The van der Waals surface area contributed by atoms with Crippen molar-refractivity contribution < 1.29 is 24.2 Å². The lowest BCUT2D eigenvalue weighted by Gasteiger charge is -2.35. The number of ether oxygens (including phenoxy) is 2. The molecule has 2 heterocycles. The van der Waals surface area contributed by atoms with Crippen LogP contribution in [0.2, 0.25) is 0 Å². The fourth-order valence-electron chi connectivity index (χ4n) is 2.97. The topological polar surface area (TPSA) is 76.1 Å². The third-order valence-electron chi connectivity index (χ3n) is 4.18. The zero-order chi connectivity index (χ0) is 15.9. The largest absolute Gasteiger partial charge is 0.481 e. The van der Waals surface area contributed by atoms with Gasteiger partial charge in [0.1, 0.15) is 0 Å². The summed E-state index contributed by atoms with van der Waals surface area (Å²) in [7, 11) is 0. The smallest absolute Gasteiger partial charge is 0.306 e. The van der Waals surface area contributed by atoms with E-state index in [1.165, 1.54) is 0 Å². The van der Waals surface area contributed by atoms with Crippen molar-refractivity contribution in [3.05, 3.63) is 22.2 Å². The zero-order valence-corrected chi connectivity index (χ0v) is 13.6. The summed E-state index contributed by atoms with van der Waals surface area (Å²) < 4.78 is 11.3. The molecule has 7 heteroatoms. The Kier molecular flexibility index (Phi) is 3.99. The summed E-state index contributed by atoms with van der Waals surface area (Å²) in [5.41, 5.74) is 0.511. The molecule has 1 aromatic rings. The number of halogens is 1. The maximum Gasteiger partial charge on any atom is 0.306 e. The molecule has 1 N–H and O–H groups in total. The second-order valence-corrected chi connectivity index (χ2v) is 6.51. The highest BCUT2D eigenvalue weighted by molar-refractivity contribution is 9.10. The Morgan fingerprint density at radius 2 is 2.14 bits per heavy atom. The Bertz CT molecular complexity index is 633. The normalized spacial score (nSPS) is 23.5. The van der Waals surface area contributed by atoms with Crippen LogP contribution in [0.5, 0.6) is 11.5 Å². The van der Waals surface area contributed by atoms with E-state index in [4.69, 9.17) is 14.6 Å². The van der Waals surface area contributed by atoms with E-state index in [-0.39, 0.29) is 24.5 Å². The van der Waals surface area contributed by atoms with Crippen LogP contribution in [-0.4, -0.2) is 41.8 Å². The number of hydrogen-bond donors (Lipinski definition) is 1. The molecule has 0 aromatic heterocycles. The molecule has 6 nitrogen and oxygen atoms in total. The van der Waals surface area contributed by atoms with E-state index in [1.54, 1.807) is 17.0 Å². The standard InChI is InChI=1S/C15H16BrNO5/c1-8-6-17(3-2-10(8)15(19)20)14(18)9-4-11(16)13-12(5-9)21-7-22-13/h4-5,8,10H,2-3,6-7H2,1H3,(H,19,20). The van der Waals surface area contributed by atoms with Gasteiger partial charge in [0, 0.05) is 18.7 Å². The highest BCUT2D eigenvalue weighted by atomic mass is 79.9. The Hall–Kier alpha value is -1.76. The number of likely N-dealkylation sites (tertiary alicyclic amines) is 1. The summed E-state index contributed by atoms with van der Waals surface area (Å²) in [6.07, 6.45) is 0.480. The average molecular weight is 370 g/mol. The second kappa shape index (κ2) is 5.79. The first-order valence-corrected chi connectivity index (χ1v) is 7.88. The van der Waals surface area contributed by atoms with Crippen molar-refractivity contribution in [2.24, 2.45) is 11.8 Å². The van der Waals surface area contributed by atoms with Crippen LogP contribution in [0.3, 0.4) is 0 Å². The Morgan fingerprint density at radius 1 is 1.36 bits per heavy atom. The van der Waals surface area contributed by atoms with Crippen LogP contribution in [-0.2, 0) is 4.79 Å². The molecular weight excluding hydrogens is 354 g/mol. The van der Waals surface area contributed by atoms with Crippen molar-refractivity contribution in [3.63, 3.8) is 0 Å². The number of carboxylic acids is 1. The van der Waals surface area contributed by atoms with Crippen LogP contribution in [0.25, 0.3) is 0 Å². The van der Waals surface area contributed by atoms with Crippen LogP contribution in [0.15, 0.2) is 16.6 Å². The van der Waals surface area contributed by atoms with Crippen LogP contribution >= 0.6 is 15.9 Å². The van der Waals surface area contributed by atoms with Gasteiger partial charge in [-0.1, -0.05) is 6.92 Å². The number of nitrogens with zero attached hydrogens (tertiary/aromatic N) is 1. The first-order chi connectivity index (χ1) is 10.5. The molecule has 0 aliphatic carbocycles. The fraction of sp³-hybridized carbons (Fsp3) is 0.467. The molecule has 1 aromatic carbocycles. The van der Waals surface area contributed by atoms with Crippen LogP contribution in [0.4, 0.5) is 0 Å². The van der Waals surface area contributed by atoms with E-state index in [1.807, 2.05) is 6.92 Å². The van der Waals surface area contributed by atoms with Gasteiger partial charge < -0.3 is 19.5 Å². The van der Waals surface area contributed by atoms with Crippen LogP contribution in [0.1, 0.15) is 23.7 Å². The first-order valence-electron chi connectivity index (χ1n) is 7.08. The molecule has 0 spiro atoms. The van der Waals surface area contributed by atoms with Crippen LogP contribution in [0, 0.1) is 11.8 Å². The van der Waals surface area contributed by atoms with E-state index < -0.39 is 5.97 Å². The number of amides is 1. The van der Waals surface area contributed by atoms with Gasteiger partial charge in [-0.3, -0.25) is 9.59 Å². The molecular formula is C15H16BrNO5. The van der Waals surface area contributed by atoms with Gasteiger partial charge in [-0.15, -0.1) is 0 Å². The second-order valence-electron chi connectivity index (χ2n) is 5.65. The number of piperidine rings is 1. The number of carbonyl (C=O) groups excluding carboxylic acids is 1. The first kappa shape index (κ1) is 15.1. The summed E-state index contributed by atoms with van der Waals surface area (Å²) in [5.74, 6) is -0.194.